The number of hydrogen-bond acceptors (Lipinski definition) is 2. The van der Waals surface area contributed by atoms with E-state index in [4.69, 9.17) is 0 Å². The van der Waals surface area contributed by atoms with E-state index >= 15 is 0 Å². The van der Waals surface area contributed by atoms with Gasteiger partial charge in [-0.15, -0.1) is 12.4 Å². The molecule has 100 valence electrons. The van der Waals surface area contributed by atoms with Crippen molar-refractivity contribution in [2.24, 2.45) is 11.3 Å². The van der Waals surface area contributed by atoms with Gasteiger partial charge in [0.05, 0.1) is 0 Å². The highest BCUT2D eigenvalue weighted by Crippen LogP contribution is 2.52. The van der Waals surface area contributed by atoms with Crippen molar-refractivity contribution >= 4 is 18.3 Å². The summed E-state index contributed by atoms with van der Waals surface area (Å²) in [5, 5.41) is 3.35. The molecule has 0 radical (unpaired) electrons. The molecule has 0 spiro atoms. The van der Waals surface area contributed by atoms with E-state index in [2.05, 4.69) is 31.0 Å². The molecule has 0 aromatic rings. The first-order valence-electron chi connectivity index (χ1n) is 6.57. The first-order valence-corrected chi connectivity index (χ1v) is 6.57. The lowest BCUT2D eigenvalue weighted by atomic mass is 10.1. The second-order valence-electron chi connectivity index (χ2n) is 5.92. The molecule has 1 aliphatic carbocycles. The van der Waals surface area contributed by atoms with Gasteiger partial charge in [-0.25, -0.2) is 0 Å². The number of rotatable bonds is 4. The topological polar surface area (TPSA) is 32.3 Å². The lowest BCUT2D eigenvalue weighted by molar-refractivity contribution is -0.135. The van der Waals surface area contributed by atoms with Crippen LogP contribution in [0.5, 0.6) is 0 Å². The predicted molar refractivity (Wildman–Crippen MR) is 72.4 cm³/mol. The van der Waals surface area contributed by atoms with Crippen LogP contribution in [0.15, 0.2) is 0 Å². The molecule has 2 atom stereocenters. The van der Waals surface area contributed by atoms with Crippen molar-refractivity contribution in [2.75, 3.05) is 19.6 Å². The average Bonchev–Trinajstić information content (AvgIpc) is 2.70. The zero-order valence-electron chi connectivity index (χ0n) is 11.2. The summed E-state index contributed by atoms with van der Waals surface area (Å²) in [5.74, 6) is 0.695. The number of hydrogen-bond donors (Lipinski definition) is 1. The van der Waals surface area contributed by atoms with Crippen LogP contribution in [0.2, 0.25) is 0 Å². The third kappa shape index (κ3) is 3.14. The number of nitrogens with zero attached hydrogens (tertiary/aromatic N) is 1. The van der Waals surface area contributed by atoms with Gasteiger partial charge in [0.25, 0.3) is 0 Å². The molecule has 1 saturated heterocycles. The van der Waals surface area contributed by atoms with Gasteiger partial charge in [0, 0.05) is 25.0 Å². The molecule has 0 aromatic heterocycles. The molecule has 2 fully saturated rings. The van der Waals surface area contributed by atoms with Gasteiger partial charge >= 0.3 is 0 Å². The van der Waals surface area contributed by atoms with Gasteiger partial charge in [0.15, 0.2) is 0 Å². The van der Waals surface area contributed by atoms with Gasteiger partial charge in [-0.3, -0.25) is 4.79 Å². The number of amides is 1. The Morgan fingerprint density at radius 1 is 1.47 bits per heavy atom. The standard InChI is InChI=1S/C13H24N2O.ClH/c1-4-7-15(10-5-6-14-9-10)12(16)11-8-13(11,2)3;/h10-11,14H,4-9H2,1-3H3;1H. The summed E-state index contributed by atoms with van der Waals surface area (Å²) in [6.45, 7) is 9.53. The van der Waals surface area contributed by atoms with Crippen molar-refractivity contribution in [1.82, 2.24) is 10.2 Å². The van der Waals surface area contributed by atoms with Gasteiger partial charge in [0.2, 0.25) is 5.91 Å². The fourth-order valence-corrected chi connectivity index (χ4v) is 2.71. The summed E-state index contributed by atoms with van der Waals surface area (Å²) in [6.07, 6.45) is 3.26. The van der Waals surface area contributed by atoms with Crippen molar-refractivity contribution in [3.05, 3.63) is 0 Å². The number of halogens is 1. The lowest BCUT2D eigenvalue weighted by Gasteiger charge is -2.29. The van der Waals surface area contributed by atoms with Crippen LogP contribution in [0, 0.1) is 11.3 Å². The highest BCUT2D eigenvalue weighted by atomic mass is 35.5. The minimum atomic E-state index is 0. The SMILES string of the molecule is CCCN(C(=O)C1CC1(C)C)C1CCNC1.Cl. The first kappa shape index (κ1) is 14.8. The Labute approximate surface area is 111 Å². The highest BCUT2D eigenvalue weighted by Gasteiger charge is 2.52. The molecule has 0 bridgehead atoms. The molecule has 2 rings (SSSR count). The zero-order chi connectivity index (χ0) is 11.8. The Bertz CT molecular complexity index is 275. The van der Waals surface area contributed by atoms with Crippen molar-refractivity contribution in [1.29, 1.82) is 0 Å². The Morgan fingerprint density at radius 2 is 2.12 bits per heavy atom. The Hall–Kier alpha value is -0.280. The monoisotopic (exact) mass is 260 g/mol. The van der Waals surface area contributed by atoms with Crippen molar-refractivity contribution in [3.63, 3.8) is 0 Å². The van der Waals surface area contributed by atoms with E-state index in [1.165, 1.54) is 0 Å². The fourth-order valence-electron chi connectivity index (χ4n) is 2.71. The quantitative estimate of drug-likeness (QED) is 0.839. The van der Waals surface area contributed by atoms with Gasteiger partial charge in [-0.05, 0) is 31.2 Å². The van der Waals surface area contributed by atoms with E-state index in [0.29, 0.717) is 17.9 Å². The predicted octanol–water partition coefficient (Wildman–Crippen LogP) is 2.05. The summed E-state index contributed by atoms with van der Waals surface area (Å²) < 4.78 is 0. The minimum Gasteiger partial charge on any atom is -0.338 e. The molecule has 1 N–H and O–H groups in total. The summed E-state index contributed by atoms with van der Waals surface area (Å²) in [5.41, 5.74) is 0.259. The van der Waals surface area contributed by atoms with Crippen molar-refractivity contribution < 1.29 is 4.79 Å². The molecule has 1 amide bonds. The summed E-state index contributed by atoms with van der Waals surface area (Å²) in [6, 6.07) is 0.448. The van der Waals surface area contributed by atoms with E-state index in [9.17, 15) is 4.79 Å². The number of carbonyl (C=O) groups excluding carboxylic acids is 1. The first-order chi connectivity index (χ1) is 7.56. The van der Waals surface area contributed by atoms with Gasteiger partial charge in [-0.1, -0.05) is 20.8 Å². The largest absolute Gasteiger partial charge is 0.338 e. The maximum Gasteiger partial charge on any atom is 0.226 e. The van der Waals surface area contributed by atoms with E-state index in [1.807, 2.05) is 0 Å². The van der Waals surface area contributed by atoms with Crippen molar-refractivity contribution in [2.45, 2.75) is 46.1 Å². The second kappa shape index (κ2) is 5.57. The minimum absolute atomic E-state index is 0. The molecule has 1 heterocycles. The van der Waals surface area contributed by atoms with Crippen LogP contribution in [0.1, 0.15) is 40.0 Å². The smallest absolute Gasteiger partial charge is 0.226 e. The van der Waals surface area contributed by atoms with E-state index in [-0.39, 0.29) is 17.8 Å². The van der Waals surface area contributed by atoms with Crippen LogP contribution in [0.3, 0.4) is 0 Å². The van der Waals surface area contributed by atoms with Crippen LogP contribution in [0.25, 0.3) is 0 Å². The molecular formula is C13H25ClN2O. The van der Waals surface area contributed by atoms with Gasteiger partial charge < -0.3 is 10.2 Å². The summed E-state index contributed by atoms with van der Waals surface area (Å²) in [7, 11) is 0. The molecule has 2 aliphatic rings. The van der Waals surface area contributed by atoms with Crippen LogP contribution in [-0.4, -0.2) is 36.5 Å². The molecular weight excluding hydrogens is 236 g/mol. The normalized spacial score (nSPS) is 29.6. The van der Waals surface area contributed by atoms with Crippen LogP contribution < -0.4 is 5.32 Å². The average molecular weight is 261 g/mol. The van der Waals surface area contributed by atoms with Crippen molar-refractivity contribution in [3.8, 4) is 0 Å². The highest BCUT2D eigenvalue weighted by molar-refractivity contribution is 5.85. The number of nitrogens with one attached hydrogen (secondary N) is 1. The third-order valence-electron chi connectivity index (χ3n) is 4.03. The molecule has 17 heavy (non-hydrogen) atoms. The molecule has 1 saturated carbocycles. The van der Waals surface area contributed by atoms with Crippen LogP contribution in [0.4, 0.5) is 0 Å². The Morgan fingerprint density at radius 3 is 2.53 bits per heavy atom. The Kier molecular flexibility index (Phi) is 4.85. The number of carbonyl (C=O) groups is 1. The summed E-state index contributed by atoms with van der Waals surface area (Å²) >= 11 is 0. The van der Waals surface area contributed by atoms with Crippen LogP contribution >= 0.6 is 12.4 Å². The van der Waals surface area contributed by atoms with Gasteiger partial charge in [-0.2, -0.15) is 0 Å². The lowest BCUT2D eigenvalue weighted by Crippen LogP contribution is -2.43. The van der Waals surface area contributed by atoms with E-state index in [0.717, 1.165) is 38.9 Å². The summed E-state index contributed by atoms with van der Waals surface area (Å²) in [4.78, 5) is 14.5. The van der Waals surface area contributed by atoms with E-state index < -0.39 is 0 Å². The molecule has 1 aliphatic heterocycles. The fraction of sp³-hybridized carbons (Fsp3) is 0.923. The van der Waals surface area contributed by atoms with E-state index in [1.54, 1.807) is 0 Å². The third-order valence-corrected chi connectivity index (χ3v) is 4.03. The maximum atomic E-state index is 12.4. The zero-order valence-corrected chi connectivity index (χ0v) is 12.0. The maximum absolute atomic E-state index is 12.4. The van der Waals surface area contributed by atoms with Gasteiger partial charge in [0.1, 0.15) is 0 Å². The molecule has 3 nitrogen and oxygen atoms in total. The second-order valence-corrected chi connectivity index (χ2v) is 5.92. The molecule has 4 heteroatoms. The molecule has 2 unspecified atom stereocenters. The van der Waals surface area contributed by atoms with Crippen LogP contribution in [-0.2, 0) is 4.79 Å². The molecule has 0 aromatic carbocycles. The Balaban J connectivity index is 0.00000144.